The average molecular weight is 277 g/mol. The van der Waals surface area contributed by atoms with Gasteiger partial charge in [0.15, 0.2) is 0 Å². The van der Waals surface area contributed by atoms with Gasteiger partial charge < -0.3 is 9.84 Å². The maximum atomic E-state index is 10.6. The third kappa shape index (κ3) is 3.34. The summed E-state index contributed by atoms with van der Waals surface area (Å²) in [6, 6.07) is 12.3. The number of carbonyl (C=O) groups is 1. The van der Waals surface area contributed by atoms with E-state index in [1.807, 2.05) is 24.3 Å². The molecule has 0 spiro atoms. The van der Waals surface area contributed by atoms with Crippen molar-refractivity contribution in [3.05, 3.63) is 58.6 Å². The molecule has 0 bridgehead atoms. The van der Waals surface area contributed by atoms with Crippen molar-refractivity contribution in [2.75, 3.05) is 6.61 Å². The van der Waals surface area contributed by atoms with E-state index in [2.05, 4.69) is 0 Å². The number of carbonyl (C=O) groups excluding carboxylic acids is 1. The van der Waals surface area contributed by atoms with Gasteiger partial charge in [0.1, 0.15) is 17.8 Å². The second kappa shape index (κ2) is 6.36. The van der Waals surface area contributed by atoms with Gasteiger partial charge in [0.05, 0.1) is 5.02 Å². The highest BCUT2D eigenvalue weighted by Crippen LogP contribution is 2.31. The second-order valence-corrected chi connectivity index (χ2v) is 4.40. The summed E-state index contributed by atoms with van der Waals surface area (Å²) in [7, 11) is 0. The van der Waals surface area contributed by atoms with E-state index >= 15 is 0 Å². The highest BCUT2D eigenvalue weighted by Gasteiger charge is 2.07. The number of aliphatic hydroxyl groups is 1. The van der Waals surface area contributed by atoms with Gasteiger partial charge in [-0.2, -0.15) is 0 Å². The lowest BCUT2D eigenvalue weighted by Crippen LogP contribution is -1.95. The molecule has 19 heavy (non-hydrogen) atoms. The number of ether oxygens (including phenoxy) is 1. The number of aldehydes is 1. The molecular formula is C15H13ClO3. The highest BCUT2D eigenvalue weighted by molar-refractivity contribution is 6.32. The first-order valence-corrected chi connectivity index (χ1v) is 6.23. The summed E-state index contributed by atoms with van der Waals surface area (Å²) < 4.78 is 5.73. The first-order valence-electron chi connectivity index (χ1n) is 5.86. The van der Waals surface area contributed by atoms with Crippen LogP contribution in [0.2, 0.25) is 5.02 Å². The molecule has 0 fully saturated rings. The van der Waals surface area contributed by atoms with E-state index in [1.165, 1.54) is 0 Å². The zero-order chi connectivity index (χ0) is 13.7. The van der Waals surface area contributed by atoms with Crippen molar-refractivity contribution in [2.24, 2.45) is 0 Å². The molecule has 0 atom stereocenters. The average Bonchev–Trinajstić information content (AvgIpc) is 2.43. The Morgan fingerprint density at radius 2 is 1.95 bits per heavy atom. The molecule has 0 aliphatic rings. The van der Waals surface area contributed by atoms with Gasteiger partial charge in [-0.3, -0.25) is 4.79 Å². The van der Waals surface area contributed by atoms with Gasteiger partial charge in [-0.1, -0.05) is 29.8 Å². The number of rotatable bonds is 5. The number of aliphatic hydroxyl groups excluding tert-OH is 1. The number of halogens is 1. The minimum Gasteiger partial charge on any atom is -0.456 e. The number of hydrogen-bond acceptors (Lipinski definition) is 3. The predicted molar refractivity (Wildman–Crippen MR) is 74.1 cm³/mol. The Morgan fingerprint density at radius 3 is 2.63 bits per heavy atom. The van der Waals surface area contributed by atoms with E-state index in [-0.39, 0.29) is 6.61 Å². The number of para-hydroxylation sites is 1. The molecule has 0 aliphatic carbocycles. The van der Waals surface area contributed by atoms with Crippen molar-refractivity contribution in [1.82, 2.24) is 0 Å². The van der Waals surface area contributed by atoms with Gasteiger partial charge in [0, 0.05) is 12.2 Å². The fourth-order valence-electron chi connectivity index (χ4n) is 1.72. The molecule has 0 saturated carbocycles. The zero-order valence-electron chi connectivity index (χ0n) is 10.2. The molecule has 0 unspecified atom stereocenters. The Labute approximate surface area is 116 Å². The molecular weight excluding hydrogens is 264 g/mol. The summed E-state index contributed by atoms with van der Waals surface area (Å²) in [5, 5.41) is 9.39. The second-order valence-electron chi connectivity index (χ2n) is 3.99. The van der Waals surface area contributed by atoms with Crippen molar-refractivity contribution in [1.29, 1.82) is 0 Å². The maximum absolute atomic E-state index is 10.6. The van der Waals surface area contributed by atoms with Crippen LogP contribution in [0.25, 0.3) is 0 Å². The predicted octanol–water partition coefficient (Wildman–Crippen LogP) is 3.48. The van der Waals surface area contributed by atoms with Crippen molar-refractivity contribution < 1.29 is 14.6 Å². The van der Waals surface area contributed by atoms with Crippen LogP contribution in [0.3, 0.4) is 0 Å². The Hall–Kier alpha value is -1.84. The van der Waals surface area contributed by atoms with Crippen LogP contribution in [0.5, 0.6) is 11.5 Å². The Morgan fingerprint density at radius 1 is 1.16 bits per heavy atom. The van der Waals surface area contributed by atoms with E-state index in [4.69, 9.17) is 21.4 Å². The molecule has 0 aliphatic heterocycles. The Kier molecular flexibility index (Phi) is 4.55. The van der Waals surface area contributed by atoms with Gasteiger partial charge in [-0.05, 0) is 36.2 Å². The van der Waals surface area contributed by atoms with Crippen molar-refractivity contribution >= 4 is 17.9 Å². The minimum absolute atomic E-state index is 0.0538. The largest absolute Gasteiger partial charge is 0.456 e. The molecule has 0 amide bonds. The summed E-state index contributed by atoms with van der Waals surface area (Å²) >= 11 is 6.05. The molecule has 1 N–H and O–H groups in total. The first-order chi connectivity index (χ1) is 9.24. The van der Waals surface area contributed by atoms with Crippen LogP contribution >= 0.6 is 11.6 Å². The molecule has 3 nitrogen and oxygen atoms in total. The third-order valence-electron chi connectivity index (χ3n) is 2.67. The Balaban J connectivity index is 2.28. The number of hydrogen-bond donors (Lipinski definition) is 1. The van der Waals surface area contributed by atoms with E-state index in [0.717, 1.165) is 11.8 Å². The summed E-state index contributed by atoms with van der Waals surface area (Å²) in [5.41, 5.74) is 1.40. The molecule has 98 valence electrons. The summed E-state index contributed by atoms with van der Waals surface area (Å²) in [4.78, 5) is 10.6. The SMILES string of the molecule is O=Cc1ccc(Oc2ccccc2CCO)c(Cl)c1. The van der Waals surface area contributed by atoms with Gasteiger partial charge in [0.25, 0.3) is 0 Å². The van der Waals surface area contributed by atoms with E-state index < -0.39 is 0 Å². The van der Waals surface area contributed by atoms with Crippen LogP contribution in [0.1, 0.15) is 15.9 Å². The zero-order valence-corrected chi connectivity index (χ0v) is 10.9. The summed E-state index contributed by atoms with van der Waals surface area (Å²) in [6.45, 7) is 0.0538. The van der Waals surface area contributed by atoms with E-state index in [1.54, 1.807) is 18.2 Å². The molecule has 0 heterocycles. The molecule has 2 aromatic carbocycles. The summed E-state index contributed by atoms with van der Waals surface area (Å²) in [6.07, 6.45) is 1.25. The van der Waals surface area contributed by atoms with Crippen LogP contribution in [0.4, 0.5) is 0 Å². The lowest BCUT2D eigenvalue weighted by Gasteiger charge is -2.11. The fraction of sp³-hybridized carbons (Fsp3) is 0.133. The van der Waals surface area contributed by atoms with Gasteiger partial charge in [0.2, 0.25) is 0 Å². The number of benzene rings is 2. The van der Waals surface area contributed by atoms with Crippen LogP contribution in [-0.2, 0) is 6.42 Å². The van der Waals surface area contributed by atoms with Crippen molar-refractivity contribution in [2.45, 2.75) is 6.42 Å². The van der Waals surface area contributed by atoms with Gasteiger partial charge in [-0.15, -0.1) is 0 Å². The molecule has 2 aromatic rings. The Bertz CT molecular complexity index is 581. The molecule has 0 saturated heterocycles. The monoisotopic (exact) mass is 276 g/mol. The molecule has 4 heteroatoms. The van der Waals surface area contributed by atoms with Crippen molar-refractivity contribution in [3.8, 4) is 11.5 Å². The van der Waals surface area contributed by atoms with Crippen molar-refractivity contribution in [3.63, 3.8) is 0 Å². The first kappa shape index (κ1) is 13.6. The molecule has 2 rings (SSSR count). The third-order valence-corrected chi connectivity index (χ3v) is 2.96. The minimum atomic E-state index is 0.0538. The lowest BCUT2D eigenvalue weighted by atomic mass is 10.1. The molecule has 0 radical (unpaired) electrons. The van der Waals surface area contributed by atoms with Crippen LogP contribution in [0.15, 0.2) is 42.5 Å². The van der Waals surface area contributed by atoms with E-state index in [9.17, 15) is 4.79 Å². The topological polar surface area (TPSA) is 46.5 Å². The maximum Gasteiger partial charge on any atom is 0.150 e. The fourth-order valence-corrected chi connectivity index (χ4v) is 1.95. The summed E-state index contributed by atoms with van der Waals surface area (Å²) in [5.74, 6) is 1.13. The van der Waals surface area contributed by atoms with Crippen LogP contribution in [-0.4, -0.2) is 18.0 Å². The standard InChI is InChI=1S/C15H13ClO3/c16-13-9-11(10-18)5-6-15(13)19-14-4-2-1-3-12(14)7-8-17/h1-6,9-10,17H,7-8H2. The highest BCUT2D eigenvalue weighted by atomic mass is 35.5. The van der Waals surface area contributed by atoms with Gasteiger partial charge in [-0.25, -0.2) is 0 Å². The molecule has 0 aromatic heterocycles. The lowest BCUT2D eigenvalue weighted by molar-refractivity contribution is 0.112. The van der Waals surface area contributed by atoms with Gasteiger partial charge >= 0.3 is 0 Å². The van der Waals surface area contributed by atoms with E-state index in [0.29, 0.717) is 28.5 Å². The normalized spacial score (nSPS) is 10.2. The van der Waals surface area contributed by atoms with Crippen LogP contribution in [0, 0.1) is 0 Å². The smallest absolute Gasteiger partial charge is 0.150 e. The van der Waals surface area contributed by atoms with Crippen LogP contribution < -0.4 is 4.74 Å². The quantitative estimate of drug-likeness (QED) is 0.851.